The first kappa shape index (κ1) is 21.8. The number of hydrogen-bond donors (Lipinski definition) is 1. The number of carboxylic acid groups (broad SMARTS) is 1. The number of nitrogens with zero attached hydrogens (tertiary/aromatic N) is 1. The molecule has 5 nitrogen and oxygen atoms in total. The van der Waals surface area contributed by atoms with Gasteiger partial charge in [-0.15, -0.1) is 0 Å². The first-order chi connectivity index (χ1) is 14.9. The van der Waals surface area contributed by atoms with Gasteiger partial charge in [-0.1, -0.05) is 12.1 Å². The maximum atomic E-state index is 11.3. The average Bonchev–Trinajstić information content (AvgIpc) is 3.02. The molecule has 166 valence electrons. The zero-order chi connectivity index (χ0) is 23.3. The highest BCUT2D eigenvalue weighted by atomic mass is 16.5. The Bertz CT molecular complexity index is 1230. The van der Waals surface area contributed by atoms with Crippen LogP contribution in [0.15, 0.2) is 60.7 Å². The van der Waals surface area contributed by atoms with Crippen molar-refractivity contribution in [3.05, 3.63) is 66.2 Å². The van der Waals surface area contributed by atoms with Crippen LogP contribution in [0.3, 0.4) is 0 Å². The first-order valence-electron chi connectivity index (χ1n) is 10.7. The molecule has 3 aromatic carbocycles. The molecule has 1 aromatic heterocycles. The fourth-order valence-corrected chi connectivity index (χ4v) is 3.91. The Morgan fingerprint density at radius 2 is 1.16 bits per heavy atom. The van der Waals surface area contributed by atoms with Gasteiger partial charge in [0.15, 0.2) is 0 Å². The largest absolute Gasteiger partial charge is 0.487 e. The molecule has 4 aromatic rings. The molecule has 1 heterocycles. The van der Waals surface area contributed by atoms with E-state index in [1.165, 1.54) is 0 Å². The molecule has 0 bridgehead atoms. The molecule has 0 fully saturated rings. The molecule has 0 spiro atoms. The molecule has 1 N–H and O–H groups in total. The molecule has 4 rings (SSSR count). The van der Waals surface area contributed by atoms with E-state index in [0.717, 1.165) is 39.0 Å². The van der Waals surface area contributed by atoms with E-state index in [2.05, 4.69) is 16.7 Å². The van der Waals surface area contributed by atoms with Gasteiger partial charge in [0.2, 0.25) is 0 Å². The predicted molar refractivity (Wildman–Crippen MR) is 129 cm³/mol. The van der Waals surface area contributed by atoms with Crippen molar-refractivity contribution in [1.29, 1.82) is 0 Å². The molecule has 0 radical (unpaired) electrons. The van der Waals surface area contributed by atoms with Crippen molar-refractivity contribution in [3.63, 3.8) is 0 Å². The quantitative estimate of drug-likeness (QED) is 0.384. The SMILES string of the molecule is CC(C)(C)Oc1cccc2c1c1c(OC(C)(C)C)cccc1n2-c1ccc(C(=O)O)cc1. The molecular formula is C27H29NO4. The van der Waals surface area contributed by atoms with Gasteiger partial charge >= 0.3 is 5.97 Å². The highest BCUT2D eigenvalue weighted by Gasteiger charge is 2.23. The molecule has 0 saturated heterocycles. The molecule has 5 heteroatoms. The molecule has 0 unspecified atom stereocenters. The van der Waals surface area contributed by atoms with Crippen LogP contribution < -0.4 is 9.47 Å². The van der Waals surface area contributed by atoms with Gasteiger partial charge in [0.05, 0.1) is 27.4 Å². The minimum absolute atomic E-state index is 0.253. The second-order valence-corrected chi connectivity index (χ2v) is 9.92. The summed E-state index contributed by atoms with van der Waals surface area (Å²) in [6.07, 6.45) is 0. The molecular weight excluding hydrogens is 402 g/mol. The smallest absolute Gasteiger partial charge is 0.335 e. The van der Waals surface area contributed by atoms with Crippen molar-refractivity contribution in [2.45, 2.75) is 52.7 Å². The summed E-state index contributed by atoms with van der Waals surface area (Å²) >= 11 is 0. The minimum atomic E-state index is -0.944. The normalized spacial score (nSPS) is 12.3. The summed E-state index contributed by atoms with van der Waals surface area (Å²) in [5.41, 5.74) is 2.32. The van der Waals surface area contributed by atoms with E-state index in [1.54, 1.807) is 12.1 Å². The lowest BCUT2D eigenvalue weighted by Crippen LogP contribution is -2.23. The van der Waals surface area contributed by atoms with E-state index in [1.807, 2.05) is 77.9 Å². The zero-order valence-corrected chi connectivity index (χ0v) is 19.4. The van der Waals surface area contributed by atoms with E-state index in [9.17, 15) is 9.90 Å². The average molecular weight is 432 g/mol. The van der Waals surface area contributed by atoms with E-state index in [0.29, 0.717) is 0 Å². The van der Waals surface area contributed by atoms with Crippen LogP contribution >= 0.6 is 0 Å². The van der Waals surface area contributed by atoms with Crippen LogP contribution in [0, 0.1) is 0 Å². The van der Waals surface area contributed by atoms with E-state index in [4.69, 9.17) is 9.47 Å². The molecule has 0 aliphatic heterocycles. The number of benzene rings is 3. The molecule has 0 aliphatic carbocycles. The summed E-state index contributed by atoms with van der Waals surface area (Å²) in [7, 11) is 0. The van der Waals surface area contributed by atoms with E-state index >= 15 is 0 Å². The fraction of sp³-hybridized carbons (Fsp3) is 0.296. The van der Waals surface area contributed by atoms with Crippen molar-refractivity contribution >= 4 is 27.8 Å². The van der Waals surface area contributed by atoms with Gasteiger partial charge in [-0.25, -0.2) is 4.79 Å². The van der Waals surface area contributed by atoms with Crippen LogP contribution in [0.25, 0.3) is 27.5 Å². The number of rotatable bonds is 4. The van der Waals surface area contributed by atoms with Crippen molar-refractivity contribution < 1.29 is 19.4 Å². The van der Waals surface area contributed by atoms with Gasteiger partial charge in [0.1, 0.15) is 22.7 Å². The molecule has 0 amide bonds. The Kier molecular flexibility index (Phi) is 5.16. The maximum absolute atomic E-state index is 11.3. The molecule has 32 heavy (non-hydrogen) atoms. The van der Waals surface area contributed by atoms with Crippen molar-refractivity contribution in [1.82, 2.24) is 4.57 Å². The van der Waals surface area contributed by atoms with Crippen molar-refractivity contribution in [3.8, 4) is 17.2 Å². The topological polar surface area (TPSA) is 60.7 Å². The van der Waals surface area contributed by atoms with Crippen LogP contribution in [0.1, 0.15) is 51.9 Å². The summed E-state index contributed by atoms with van der Waals surface area (Å²) in [5, 5.41) is 11.2. The highest BCUT2D eigenvalue weighted by Crippen LogP contribution is 2.43. The van der Waals surface area contributed by atoms with Gasteiger partial charge in [0.25, 0.3) is 0 Å². The third kappa shape index (κ3) is 4.15. The van der Waals surface area contributed by atoms with E-state index in [-0.39, 0.29) is 16.8 Å². The number of hydrogen-bond acceptors (Lipinski definition) is 3. The summed E-state index contributed by atoms with van der Waals surface area (Å²) < 4.78 is 14.8. The third-order valence-corrected chi connectivity index (χ3v) is 4.95. The van der Waals surface area contributed by atoms with Gasteiger partial charge in [-0.05, 0) is 90.1 Å². The van der Waals surface area contributed by atoms with Crippen molar-refractivity contribution in [2.24, 2.45) is 0 Å². The Balaban J connectivity index is 2.09. The monoisotopic (exact) mass is 431 g/mol. The number of fused-ring (bicyclic) bond motifs is 3. The van der Waals surface area contributed by atoms with Gasteiger partial charge in [-0.3, -0.25) is 0 Å². The number of carbonyl (C=O) groups is 1. The highest BCUT2D eigenvalue weighted by molar-refractivity contribution is 6.15. The number of carboxylic acids is 1. The summed E-state index contributed by atoms with van der Waals surface area (Å²) in [6.45, 7) is 12.2. The lowest BCUT2D eigenvalue weighted by atomic mass is 10.1. The maximum Gasteiger partial charge on any atom is 0.335 e. The fourth-order valence-electron chi connectivity index (χ4n) is 3.91. The van der Waals surface area contributed by atoms with Crippen LogP contribution in [-0.2, 0) is 0 Å². The molecule has 0 saturated carbocycles. The second kappa shape index (κ2) is 7.59. The first-order valence-corrected chi connectivity index (χ1v) is 10.7. The summed E-state index contributed by atoms with van der Waals surface area (Å²) in [4.78, 5) is 11.3. The van der Waals surface area contributed by atoms with Crippen LogP contribution in [0.2, 0.25) is 0 Å². The predicted octanol–water partition coefficient (Wildman–Crippen LogP) is 6.84. The molecule has 0 aliphatic rings. The lowest BCUT2D eigenvalue weighted by molar-refractivity contribution is 0.0696. The standard InChI is InChI=1S/C27H29NO4/c1-26(2,3)31-21-11-7-9-19-23(21)24-20(10-8-12-22(24)32-27(4,5)6)28(19)18-15-13-17(14-16-18)25(29)30/h7-16H,1-6H3,(H,29,30). The molecule has 0 atom stereocenters. The zero-order valence-electron chi connectivity index (χ0n) is 19.4. The Labute approximate surface area is 188 Å². The third-order valence-electron chi connectivity index (χ3n) is 4.95. The van der Waals surface area contributed by atoms with Gasteiger partial charge in [-0.2, -0.15) is 0 Å². The lowest BCUT2D eigenvalue weighted by Gasteiger charge is -2.23. The van der Waals surface area contributed by atoms with Crippen LogP contribution in [0.5, 0.6) is 11.5 Å². The van der Waals surface area contributed by atoms with Gasteiger partial charge < -0.3 is 19.1 Å². The summed E-state index contributed by atoms with van der Waals surface area (Å²) in [6, 6.07) is 18.9. The van der Waals surface area contributed by atoms with Crippen LogP contribution in [0.4, 0.5) is 0 Å². The number of aromatic nitrogens is 1. The summed E-state index contributed by atoms with van der Waals surface area (Å²) in [5.74, 6) is 0.622. The Morgan fingerprint density at radius 1 is 0.719 bits per heavy atom. The second-order valence-electron chi connectivity index (χ2n) is 9.92. The Hall–Kier alpha value is -3.47. The minimum Gasteiger partial charge on any atom is -0.487 e. The van der Waals surface area contributed by atoms with Crippen LogP contribution in [-0.4, -0.2) is 26.8 Å². The van der Waals surface area contributed by atoms with E-state index < -0.39 is 5.97 Å². The van der Waals surface area contributed by atoms with Crippen molar-refractivity contribution in [2.75, 3.05) is 0 Å². The van der Waals surface area contributed by atoms with Gasteiger partial charge in [0, 0.05) is 5.69 Å². The Morgan fingerprint density at radius 3 is 1.53 bits per heavy atom. The number of aromatic carboxylic acids is 1. The number of ether oxygens (including phenoxy) is 2.